The molecule has 0 aliphatic carbocycles. The maximum Gasteiger partial charge on any atom is 0.182 e. The van der Waals surface area contributed by atoms with E-state index in [1.165, 1.54) is 0 Å². The molecule has 0 amide bonds. The number of nitrogens with one attached hydrogen (secondary N) is 1. The van der Waals surface area contributed by atoms with E-state index in [2.05, 4.69) is 10.3 Å². The zero-order chi connectivity index (χ0) is 13.1. The van der Waals surface area contributed by atoms with Crippen LogP contribution in [-0.4, -0.2) is 4.98 Å². The number of halogens is 3. The summed E-state index contributed by atoms with van der Waals surface area (Å²) in [4.78, 5) is 4.19. The lowest BCUT2D eigenvalue weighted by atomic mass is 10.2. The molecule has 1 aromatic heterocycles. The Labute approximate surface area is 102 Å². The quantitative estimate of drug-likeness (QED) is 0.847. The van der Waals surface area contributed by atoms with Gasteiger partial charge in [-0.25, -0.2) is 13.2 Å². The number of rotatable bonds is 3. The van der Waals surface area contributed by atoms with Crippen LogP contribution in [0.25, 0.3) is 0 Å². The largest absolute Gasteiger partial charge is 0.377 e. The molecule has 0 radical (unpaired) electrons. The summed E-state index contributed by atoms with van der Waals surface area (Å²) in [7, 11) is 0. The molecule has 5 heteroatoms. The molecule has 0 saturated carbocycles. The van der Waals surface area contributed by atoms with E-state index in [1.54, 1.807) is 6.07 Å². The van der Waals surface area contributed by atoms with Gasteiger partial charge < -0.3 is 5.32 Å². The van der Waals surface area contributed by atoms with Gasteiger partial charge >= 0.3 is 0 Å². The van der Waals surface area contributed by atoms with Crippen LogP contribution < -0.4 is 5.32 Å². The zero-order valence-electron chi connectivity index (χ0n) is 9.67. The Morgan fingerprint density at radius 1 is 1.17 bits per heavy atom. The molecule has 1 N–H and O–H groups in total. The third-order valence-corrected chi connectivity index (χ3v) is 2.40. The Morgan fingerprint density at radius 2 is 1.94 bits per heavy atom. The average molecular weight is 252 g/mol. The molecule has 0 unspecified atom stereocenters. The standard InChI is InChI=1S/C13H11F3N2/c1-8-3-2-4-10(18-8)7-17-12-6-9(14)5-11(15)13(12)16/h2-6,17H,7H2,1H3. The minimum absolute atomic E-state index is 0.196. The molecule has 0 fully saturated rings. The maximum atomic E-state index is 13.3. The van der Waals surface area contributed by atoms with Crippen molar-refractivity contribution >= 4 is 5.69 Å². The van der Waals surface area contributed by atoms with Gasteiger partial charge in [0.05, 0.1) is 17.9 Å². The van der Waals surface area contributed by atoms with Crippen molar-refractivity contribution in [2.24, 2.45) is 0 Å². The lowest BCUT2D eigenvalue weighted by Crippen LogP contribution is -2.05. The van der Waals surface area contributed by atoms with Crippen LogP contribution in [0.15, 0.2) is 30.3 Å². The molecule has 2 rings (SSSR count). The minimum Gasteiger partial charge on any atom is -0.377 e. The van der Waals surface area contributed by atoms with E-state index in [0.717, 1.165) is 11.8 Å². The van der Waals surface area contributed by atoms with Crippen molar-refractivity contribution in [1.82, 2.24) is 4.98 Å². The van der Waals surface area contributed by atoms with Crippen molar-refractivity contribution in [1.29, 1.82) is 0 Å². The van der Waals surface area contributed by atoms with E-state index in [9.17, 15) is 13.2 Å². The van der Waals surface area contributed by atoms with Crippen LogP contribution in [0.4, 0.5) is 18.9 Å². The first-order valence-corrected chi connectivity index (χ1v) is 5.37. The molecular weight excluding hydrogens is 241 g/mol. The highest BCUT2D eigenvalue weighted by Gasteiger charge is 2.10. The van der Waals surface area contributed by atoms with Gasteiger partial charge in [-0.15, -0.1) is 0 Å². The monoisotopic (exact) mass is 252 g/mol. The highest BCUT2D eigenvalue weighted by molar-refractivity contribution is 5.45. The first-order valence-electron chi connectivity index (χ1n) is 5.37. The van der Waals surface area contributed by atoms with E-state index >= 15 is 0 Å². The van der Waals surface area contributed by atoms with E-state index in [-0.39, 0.29) is 12.2 Å². The second kappa shape index (κ2) is 5.08. The molecule has 2 aromatic rings. The van der Waals surface area contributed by atoms with Crippen LogP contribution in [-0.2, 0) is 6.54 Å². The van der Waals surface area contributed by atoms with Gasteiger partial charge in [0.15, 0.2) is 11.6 Å². The number of hydrogen-bond donors (Lipinski definition) is 1. The molecule has 0 bridgehead atoms. The Bertz CT molecular complexity index is 570. The second-order valence-corrected chi connectivity index (χ2v) is 3.87. The lowest BCUT2D eigenvalue weighted by Gasteiger charge is -2.08. The van der Waals surface area contributed by atoms with Crippen molar-refractivity contribution in [3.8, 4) is 0 Å². The van der Waals surface area contributed by atoms with E-state index in [1.807, 2.05) is 19.1 Å². The van der Waals surface area contributed by atoms with Crippen LogP contribution in [0.1, 0.15) is 11.4 Å². The molecule has 2 nitrogen and oxygen atoms in total. The topological polar surface area (TPSA) is 24.9 Å². The first-order chi connectivity index (χ1) is 8.56. The maximum absolute atomic E-state index is 13.3. The number of pyridine rings is 1. The van der Waals surface area contributed by atoms with Gasteiger partial charge in [-0.1, -0.05) is 6.07 Å². The van der Waals surface area contributed by atoms with Crippen molar-refractivity contribution in [3.05, 3.63) is 59.2 Å². The summed E-state index contributed by atoms with van der Waals surface area (Å²) in [5.74, 6) is -3.13. The van der Waals surface area contributed by atoms with Gasteiger partial charge in [-0.05, 0) is 19.1 Å². The molecule has 1 aromatic carbocycles. The van der Waals surface area contributed by atoms with E-state index in [0.29, 0.717) is 11.8 Å². The van der Waals surface area contributed by atoms with Crippen LogP contribution in [0.2, 0.25) is 0 Å². The van der Waals surface area contributed by atoms with Crippen LogP contribution in [0.3, 0.4) is 0 Å². The number of benzene rings is 1. The van der Waals surface area contributed by atoms with E-state index in [4.69, 9.17) is 0 Å². The highest BCUT2D eigenvalue weighted by Crippen LogP contribution is 2.19. The summed E-state index contributed by atoms with van der Waals surface area (Å²) in [5.41, 5.74) is 1.27. The number of hydrogen-bond acceptors (Lipinski definition) is 2. The number of aryl methyl sites for hydroxylation is 1. The van der Waals surface area contributed by atoms with Gasteiger partial charge in [0.2, 0.25) is 0 Å². The van der Waals surface area contributed by atoms with Gasteiger partial charge in [-0.3, -0.25) is 4.98 Å². The Kier molecular flexibility index (Phi) is 3.50. The summed E-state index contributed by atoms with van der Waals surface area (Å²) < 4.78 is 39.2. The molecular formula is C13H11F3N2. The van der Waals surface area contributed by atoms with Crippen molar-refractivity contribution < 1.29 is 13.2 Å². The number of anilines is 1. The molecule has 0 atom stereocenters. The predicted molar refractivity (Wildman–Crippen MR) is 62.6 cm³/mol. The molecule has 18 heavy (non-hydrogen) atoms. The number of nitrogens with zero attached hydrogens (tertiary/aromatic N) is 1. The molecule has 0 aliphatic rings. The smallest absolute Gasteiger partial charge is 0.182 e. The van der Waals surface area contributed by atoms with Crippen molar-refractivity contribution in [2.45, 2.75) is 13.5 Å². The normalized spacial score (nSPS) is 10.4. The molecule has 1 heterocycles. The highest BCUT2D eigenvalue weighted by atomic mass is 19.2. The minimum atomic E-state index is -1.21. The summed E-state index contributed by atoms with van der Waals surface area (Å²) >= 11 is 0. The van der Waals surface area contributed by atoms with Gasteiger partial charge in [0.25, 0.3) is 0 Å². The van der Waals surface area contributed by atoms with Crippen molar-refractivity contribution in [3.63, 3.8) is 0 Å². The Balaban J connectivity index is 2.15. The van der Waals surface area contributed by atoms with Crippen LogP contribution >= 0.6 is 0 Å². The summed E-state index contributed by atoms with van der Waals surface area (Å²) in [5, 5.41) is 2.62. The summed E-state index contributed by atoms with van der Waals surface area (Å²) in [6.07, 6.45) is 0. The summed E-state index contributed by atoms with van der Waals surface area (Å²) in [6, 6.07) is 6.79. The van der Waals surface area contributed by atoms with Gasteiger partial charge in [0, 0.05) is 17.8 Å². The Morgan fingerprint density at radius 3 is 2.67 bits per heavy atom. The number of aromatic nitrogens is 1. The second-order valence-electron chi connectivity index (χ2n) is 3.87. The van der Waals surface area contributed by atoms with Crippen LogP contribution in [0, 0.1) is 24.4 Å². The third kappa shape index (κ3) is 2.80. The average Bonchev–Trinajstić information content (AvgIpc) is 2.32. The summed E-state index contributed by atoms with van der Waals surface area (Å²) in [6.45, 7) is 2.02. The lowest BCUT2D eigenvalue weighted by molar-refractivity contribution is 0.497. The van der Waals surface area contributed by atoms with Gasteiger partial charge in [-0.2, -0.15) is 0 Å². The Hall–Kier alpha value is -2.04. The predicted octanol–water partition coefficient (Wildman–Crippen LogP) is 3.42. The first kappa shape index (κ1) is 12.4. The fraction of sp³-hybridized carbons (Fsp3) is 0.154. The molecule has 0 aliphatic heterocycles. The fourth-order valence-corrected chi connectivity index (χ4v) is 1.57. The molecule has 94 valence electrons. The van der Waals surface area contributed by atoms with E-state index < -0.39 is 17.5 Å². The fourth-order valence-electron chi connectivity index (χ4n) is 1.57. The SMILES string of the molecule is Cc1cccc(CNc2cc(F)cc(F)c2F)n1. The van der Waals surface area contributed by atoms with Crippen molar-refractivity contribution in [2.75, 3.05) is 5.32 Å². The van der Waals surface area contributed by atoms with Crippen LogP contribution in [0.5, 0.6) is 0 Å². The molecule has 0 saturated heterocycles. The molecule has 0 spiro atoms. The third-order valence-electron chi connectivity index (χ3n) is 2.40. The zero-order valence-corrected chi connectivity index (χ0v) is 9.67. The van der Waals surface area contributed by atoms with Gasteiger partial charge in [0.1, 0.15) is 5.82 Å².